The van der Waals surface area contributed by atoms with Crippen LogP contribution in [0.4, 0.5) is 11.4 Å². The first-order valence-corrected chi connectivity index (χ1v) is 7.94. The maximum Gasteiger partial charge on any atom is 0.340 e. The zero-order chi connectivity index (χ0) is 15.2. The predicted octanol–water partition coefficient (Wildman–Crippen LogP) is 3.83. The van der Waals surface area contributed by atoms with Gasteiger partial charge in [-0.1, -0.05) is 25.8 Å². The largest absolute Gasteiger partial charge is 0.462 e. The molecule has 0 saturated heterocycles. The Hall–Kier alpha value is -1.71. The van der Waals surface area contributed by atoms with Crippen molar-refractivity contribution in [2.45, 2.75) is 52.0 Å². The number of hydrogen-bond acceptors (Lipinski definition) is 4. The monoisotopic (exact) mass is 290 g/mol. The number of hydrogen-bond donors (Lipinski definition) is 2. The van der Waals surface area contributed by atoms with Gasteiger partial charge >= 0.3 is 5.97 Å². The van der Waals surface area contributed by atoms with Crippen LogP contribution in [0.1, 0.15) is 56.3 Å². The normalized spacial score (nSPS) is 22.4. The van der Waals surface area contributed by atoms with Crippen LogP contribution in [0, 0.1) is 5.92 Å². The van der Waals surface area contributed by atoms with Crippen molar-refractivity contribution in [1.29, 1.82) is 0 Å². The van der Waals surface area contributed by atoms with Gasteiger partial charge in [-0.25, -0.2) is 4.79 Å². The Morgan fingerprint density at radius 1 is 1.33 bits per heavy atom. The van der Waals surface area contributed by atoms with Crippen LogP contribution in [-0.2, 0) is 4.74 Å². The number of nitrogens with two attached hydrogens (primary N) is 1. The average Bonchev–Trinajstić information content (AvgIpc) is 2.66. The molecule has 1 saturated carbocycles. The Morgan fingerprint density at radius 2 is 2.14 bits per heavy atom. The molecule has 4 nitrogen and oxygen atoms in total. The molecule has 1 aromatic carbocycles. The van der Waals surface area contributed by atoms with Crippen LogP contribution in [0.2, 0.25) is 0 Å². The Bertz CT molecular complexity index is 488. The molecule has 0 spiro atoms. The number of anilines is 2. The summed E-state index contributed by atoms with van der Waals surface area (Å²) in [6.45, 7) is 4.49. The van der Waals surface area contributed by atoms with Crippen molar-refractivity contribution in [3.05, 3.63) is 23.8 Å². The lowest BCUT2D eigenvalue weighted by molar-refractivity contribution is 0.0527. The number of carbonyl (C=O) groups is 1. The van der Waals surface area contributed by atoms with E-state index in [-0.39, 0.29) is 5.97 Å². The molecule has 116 valence electrons. The minimum atomic E-state index is -0.311. The lowest BCUT2D eigenvalue weighted by Gasteiger charge is -2.21. The Labute approximate surface area is 127 Å². The number of nitrogen functional groups attached to an aromatic ring is 1. The minimum absolute atomic E-state index is 0.311. The van der Waals surface area contributed by atoms with Gasteiger partial charge in [-0.15, -0.1) is 0 Å². The van der Waals surface area contributed by atoms with Crippen LogP contribution < -0.4 is 11.1 Å². The maximum absolute atomic E-state index is 12.1. The summed E-state index contributed by atoms with van der Waals surface area (Å²) < 4.78 is 5.12. The molecule has 1 aliphatic carbocycles. The van der Waals surface area contributed by atoms with Crippen LogP contribution in [0.5, 0.6) is 0 Å². The first-order chi connectivity index (χ1) is 10.1. The summed E-state index contributed by atoms with van der Waals surface area (Å²) in [6, 6.07) is 5.77. The first kappa shape index (κ1) is 15.7. The van der Waals surface area contributed by atoms with Crippen molar-refractivity contribution >= 4 is 17.3 Å². The van der Waals surface area contributed by atoms with E-state index in [1.807, 2.05) is 13.0 Å². The van der Waals surface area contributed by atoms with E-state index in [4.69, 9.17) is 10.5 Å². The van der Waals surface area contributed by atoms with Crippen molar-refractivity contribution in [3.63, 3.8) is 0 Å². The lowest BCUT2D eigenvalue weighted by atomic mass is 10.0. The molecule has 0 radical (unpaired) electrons. The van der Waals surface area contributed by atoms with Gasteiger partial charge in [0.05, 0.1) is 23.5 Å². The van der Waals surface area contributed by atoms with Crippen molar-refractivity contribution < 1.29 is 9.53 Å². The Morgan fingerprint density at radius 3 is 2.90 bits per heavy atom. The highest BCUT2D eigenvalue weighted by molar-refractivity contribution is 5.98. The van der Waals surface area contributed by atoms with Crippen molar-refractivity contribution in [3.8, 4) is 0 Å². The number of carbonyl (C=O) groups excluding carboxylic acids is 1. The molecule has 0 bridgehead atoms. The van der Waals surface area contributed by atoms with E-state index >= 15 is 0 Å². The molecule has 21 heavy (non-hydrogen) atoms. The van der Waals surface area contributed by atoms with Gasteiger partial charge in [0.2, 0.25) is 0 Å². The van der Waals surface area contributed by atoms with Crippen LogP contribution in [0.25, 0.3) is 0 Å². The maximum atomic E-state index is 12.1. The quantitative estimate of drug-likeness (QED) is 0.502. The number of ether oxygens (including phenoxy) is 1. The summed E-state index contributed by atoms with van der Waals surface area (Å²) in [5, 5.41) is 3.49. The van der Waals surface area contributed by atoms with Gasteiger partial charge < -0.3 is 15.8 Å². The SMILES string of the molecule is CCOC(=O)c1cccc(N)c1NC1CCCC(C)CC1. The highest BCUT2D eigenvalue weighted by Crippen LogP contribution is 2.29. The van der Waals surface area contributed by atoms with Gasteiger partial charge in [-0.2, -0.15) is 0 Å². The molecule has 2 atom stereocenters. The molecule has 1 aromatic rings. The third kappa shape index (κ3) is 4.13. The predicted molar refractivity (Wildman–Crippen MR) is 86.5 cm³/mol. The summed E-state index contributed by atoms with van der Waals surface area (Å²) >= 11 is 0. The number of benzene rings is 1. The number of nitrogens with one attached hydrogen (secondary N) is 1. The number of rotatable bonds is 4. The third-order valence-corrected chi connectivity index (χ3v) is 4.20. The molecule has 0 amide bonds. The van der Waals surface area contributed by atoms with Crippen LogP contribution >= 0.6 is 0 Å². The summed E-state index contributed by atoms with van der Waals surface area (Å²) in [4.78, 5) is 12.1. The summed E-state index contributed by atoms with van der Waals surface area (Å²) in [6.07, 6.45) is 5.98. The molecule has 3 N–H and O–H groups in total. The summed E-state index contributed by atoms with van der Waals surface area (Å²) in [5.41, 5.74) is 7.95. The van der Waals surface area contributed by atoms with Gasteiger partial charge in [0.15, 0.2) is 0 Å². The van der Waals surface area contributed by atoms with E-state index in [9.17, 15) is 4.79 Å². The van der Waals surface area contributed by atoms with Gasteiger partial charge in [0.1, 0.15) is 0 Å². The second kappa shape index (κ2) is 7.34. The zero-order valence-electron chi connectivity index (χ0n) is 13.0. The summed E-state index contributed by atoms with van der Waals surface area (Å²) in [7, 11) is 0. The fraction of sp³-hybridized carbons (Fsp3) is 0.588. The lowest BCUT2D eigenvalue weighted by Crippen LogP contribution is -2.21. The smallest absolute Gasteiger partial charge is 0.340 e. The fourth-order valence-corrected chi connectivity index (χ4v) is 2.95. The minimum Gasteiger partial charge on any atom is -0.462 e. The van der Waals surface area contributed by atoms with E-state index in [2.05, 4.69) is 12.2 Å². The van der Waals surface area contributed by atoms with Gasteiger partial charge in [-0.3, -0.25) is 0 Å². The van der Waals surface area contributed by atoms with Gasteiger partial charge in [-0.05, 0) is 44.2 Å². The molecule has 4 heteroatoms. The first-order valence-electron chi connectivity index (χ1n) is 7.94. The molecular weight excluding hydrogens is 264 g/mol. The second-order valence-electron chi connectivity index (χ2n) is 5.94. The molecule has 2 rings (SSSR count). The Kier molecular flexibility index (Phi) is 5.48. The third-order valence-electron chi connectivity index (χ3n) is 4.20. The number of esters is 1. The van der Waals surface area contributed by atoms with E-state index in [0.29, 0.717) is 23.9 Å². The van der Waals surface area contributed by atoms with Crippen molar-refractivity contribution in [2.75, 3.05) is 17.7 Å². The van der Waals surface area contributed by atoms with Crippen LogP contribution in [0.15, 0.2) is 18.2 Å². The van der Waals surface area contributed by atoms with Crippen LogP contribution in [0.3, 0.4) is 0 Å². The zero-order valence-corrected chi connectivity index (χ0v) is 13.0. The second-order valence-corrected chi connectivity index (χ2v) is 5.94. The topological polar surface area (TPSA) is 64.3 Å². The number of para-hydroxylation sites is 1. The fourth-order valence-electron chi connectivity index (χ4n) is 2.95. The van der Waals surface area contributed by atoms with Gasteiger partial charge in [0.25, 0.3) is 0 Å². The average molecular weight is 290 g/mol. The standard InChI is InChI=1S/C17H26N2O2/c1-3-21-17(20)14-8-5-9-15(18)16(14)19-13-7-4-6-12(2)10-11-13/h5,8-9,12-13,19H,3-4,6-7,10-11,18H2,1-2H3. The van der Waals surface area contributed by atoms with E-state index < -0.39 is 0 Å². The molecule has 0 aromatic heterocycles. The highest BCUT2D eigenvalue weighted by atomic mass is 16.5. The van der Waals surface area contributed by atoms with E-state index in [0.717, 1.165) is 24.4 Å². The summed E-state index contributed by atoms with van der Waals surface area (Å²) in [5.74, 6) is 0.476. The molecule has 1 aliphatic rings. The van der Waals surface area contributed by atoms with Crippen molar-refractivity contribution in [2.24, 2.45) is 5.92 Å². The highest BCUT2D eigenvalue weighted by Gasteiger charge is 2.20. The van der Waals surface area contributed by atoms with Crippen LogP contribution in [-0.4, -0.2) is 18.6 Å². The molecule has 0 heterocycles. The van der Waals surface area contributed by atoms with E-state index in [1.165, 1.54) is 19.3 Å². The molecule has 1 fully saturated rings. The molecule has 2 unspecified atom stereocenters. The molecule has 0 aliphatic heterocycles. The molecular formula is C17H26N2O2. The van der Waals surface area contributed by atoms with E-state index in [1.54, 1.807) is 12.1 Å². The Balaban J connectivity index is 2.16. The van der Waals surface area contributed by atoms with Gasteiger partial charge in [0, 0.05) is 6.04 Å². The van der Waals surface area contributed by atoms with Crippen molar-refractivity contribution in [1.82, 2.24) is 0 Å².